The van der Waals surface area contributed by atoms with Gasteiger partial charge in [0.25, 0.3) is 0 Å². The van der Waals surface area contributed by atoms with E-state index < -0.39 is 17.3 Å². The van der Waals surface area contributed by atoms with E-state index in [9.17, 15) is 14.7 Å². The monoisotopic (exact) mass is 302 g/mol. The SMILES string of the molecule is CN(C)Cc1cccc(CNC(=O)C2(C(=O)O)CC=CC2)c1. The molecule has 0 saturated carbocycles. The third kappa shape index (κ3) is 3.54. The molecular weight excluding hydrogens is 280 g/mol. The molecule has 0 heterocycles. The maximum atomic E-state index is 12.3. The van der Waals surface area contributed by atoms with Gasteiger partial charge in [-0.3, -0.25) is 9.59 Å². The Balaban J connectivity index is 2.00. The topological polar surface area (TPSA) is 69.6 Å². The van der Waals surface area contributed by atoms with Gasteiger partial charge in [-0.15, -0.1) is 0 Å². The van der Waals surface area contributed by atoms with Gasteiger partial charge < -0.3 is 15.3 Å². The lowest BCUT2D eigenvalue weighted by molar-refractivity contribution is -0.155. The molecule has 0 bridgehead atoms. The van der Waals surface area contributed by atoms with Crippen LogP contribution in [0.5, 0.6) is 0 Å². The van der Waals surface area contributed by atoms with E-state index in [0.717, 1.165) is 17.7 Å². The summed E-state index contributed by atoms with van der Waals surface area (Å²) in [5, 5.41) is 12.1. The molecule has 118 valence electrons. The van der Waals surface area contributed by atoms with Gasteiger partial charge in [-0.25, -0.2) is 0 Å². The second kappa shape index (κ2) is 6.75. The van der Waals surface area contributed by atoms with E-state index in [2.05, 4.69) is 10.2 Å². The first-order valence-electron chi connectivity index (χ1n) is 7.33. The summed E-state index contributed by atoms with van der Waals surface area (Å²) >= 11 is 0. The molecule has 5 nitrogen and oxygen atoms in total. The van der Waals surface area contributed by atoms with Crippen LogP contribution in [0.4, 0.5) is 0 Å². The molecule has 1 aliphatic rings. The van der Waals surface area contributed by atoms with Gasteiger partial charge in [-0.1, -0.05) is 36.4 Å². The summed E-state index contributed by atoms with van der Waals surface area (Å²) in [5.41, 5.74) is 0.799. The Hall–Kier alpha value is -2.14. The third-order valence-electron chi connectivity index (χ3n) is 3.89. The number of nitrogens with zero attached hydrogens (tertiary/aromatic N) is 1. The molecule has 0 aromatic heterocycles. The molecule has 22 heavy (non-hydrogen) atoms. The van der Waals surface area contributed by atoms with Crippen LogP contribution in [0.15, 0.2) is 36.4 Å². The Morgan fingerprint density at radius 1 is 1.23 bits per heavy atom. The van der Waals surface area contributed by atoms with Gasteiger partial charge in [0.1, 0.15) is 0 Å². The van der Waals surface area contributed by atoms with Crippen molar-refractivity contribution < 1.29 is 14.7 Å². The van der Waals surface area contributed by atoms with E-state index in [1.54, 1.807) is 12.2 Å². The molecule has 1 aliphatic carbocycles. The fourth-order valence-electron chi connectivity index (χ4n) is 2.66. The van der Waals surface area contributed by atoms with Crippen LogP contribution < -0.4 is 5.32 Å². The van der Waals surface area contributed by atoms with E-state index in [4.69, 9.17) is 0 Å². The fourth-order valence-corrected chi connectivity index (χ4v) is 2.66. The van der Waals surface area contributed by atoms with Crippen LogP contribution in [0.2, 0.25) is 0 Å². The molecule has 1 aromatic rings. The van der Waals surface area contributed by atoms with Gasteiger partial charge in [-0.2, -0.15) is 0 Å². The van der Waals surface area contributed by atoms with Crippen molar-refractivity contribution in [1.29, 1.82) is 0 Å². The number of carbonyl (C=O) groups excluding carboxylic acids is 1. The quantitative estimate of drug-likeness (QED) is 0.621. The minimum absolute atomic E-state index is 0.259. The lowest BCUT2D eigenvalue weighted by Crippen LogP contribution is -2.44. The van der Waals surface area contributed by atoms with Crippen LogP contribution in [0.3, 0.4) is 0 Å². The fraction of sp³-hybridized carbons (Fsp3) is 0.412. The highest BCUT2D eigenvalue weighted by Crippen LogP contribution is 2.33. The molecule has 0 aliphatic heterocycles. The maximum Gasteiger partial charge on any atom is 0.319 e. The Morgan fingerprint density at radius 3 is 2.45 bits per heavy atom. The van der Waals surface area contributed by atoms with Crippen molar-refractivity contribution in [2.45, 2.75) is 25.9 Å². The first-order chi connectivity index (χ1) is 10.4. The van der Waals surface area contributed by atoms with Gasteiger partial charge in [0.15, 0.2) is 5.41 Å². The Labute approximate surface area is 130 Å². The number of carbonyl (C=O) groups is 2. The Kier molecular flexibility index (Phi) is 4.98. The summed E-state index contributed by atoms with van der Waals surface area (Å²) < 4.78 is 0. The average Bonchev–Trinajstić information content (AvgIpc) is 2.95. The minimum Gasteiger partial charge on any atom is -0.480 e. The minimum atomic E-state index is -1.33. The molecule has 0 radical (unpaired) electrons. The summed E-state index contributed by atoms with van der Waals surface area (Å²) in [6.45, 7) is 1.17. The molecule has 1 aromatic carbocycles. The van der Waals surface area contributed by atoms with Gasteiger partial charge >= 0.3 is 5.97 Å². The summed E-state index contributed by atoms with van der Waals surface area (Å²) in [6, 6.07) is 7.94. The largest absolute Gasteiger partial charge is 0.480 e. The third-order valence-corrected chi connectivity index (χ3v) is 3.89. The van der Waals surface area contributed by atoms with Crippen LogP contribution in [-0.4, -0.2) is 36.0 Å². The predicted molar refractivity (Wildman–Crippen MR) is 84.1 cm³/mol. The van der Waals surface area contributed by atoms with Crippen molar-refractivity contribution in [3.05, 3.63) is 47.5 Å². The van der Waals surface area contributed by atoms with Gasteiger partial charge in [0.2, 0.25) is 5.91 Å². The highest BCUT2D eigenvalue weighted by molar-refractivity contribution is 6.02. The second-order valence-electron chi connectivity index (χ2n) is 6.01. The van der Waals surface area contributed by atoms with Gasteiger partial charge in [0, 0.05) is 13.1 Å². The summed E-state index contributed by atoms with van der Waals surface area (Å²) in [7, 11) is 4.00. The first-order valence-corrected chi connectivity index (χ1v) is 7.33. The Morgan fingerprint density at radius 2 is 1.86 bits per heavy atom. The van der Waals surface area contributed by atoms with E-state index in [1.807, 2.05) is 38.4 Å². The van der Waals surface area contributed by atoms with Gasteiger partial charge in [-0.05, 0) is 38.1 Å². The molecule has 2 rings (SSSR count). The zero-order chi connectivity index (χ0) is 16.2. The van der Waals surface area contributed by atoms with Crippen molar-refractivity contribution >= 4 is 11.9 Å². The number of aliphatic carboxylic acids is 1. The molecule has 0 saturated heterocycles. The first kappa shape index (κ1) is 16.2. The molecule has 2 N–H and O–H groups in total. The van der Waals surface area contributed by atoms with E-state index in [0.29, 0.717) is 6.54 Å². The number of benzene rings is 1. The summed E-state index contributed by atoms with van der Waals surface area (Å²) in [5.74, 6) is -1.47. The molecule has 0 atom stereocenters. The standard InChI is InChI=1S/C17H22N2O3/c1-19(2)12-14-7-5-6-13(10-14)11-18-15(20)17(16(21)22)8-3-4-9-17/h3-7,10H,8-9,11-12H2,1-2H3,(H,18,20)(H,21,22). The number of allylic oxidation sites excluding steroid dienone is 2. The highest BCUT2D eigenvalue weighted by atomic mass is 16.4. The molecule has 0 fully saturated rings. The number of rotatable bonds is 6. The molecule has 0 unspecified atom stereocenters. The lowest BCUT2D eigenvalue weighted by atomic mass is 9.84. The number of amides is 1. The number of carboxylic acids is 1. The zero-order valence-corrected chi connectivity index (χ0v) is 13.0. The van der Waals surface area contributed by atoms with E-state index in [-0.39, 0.29) is 12.8 Å². The molecule has 5 heteroatoms. The van der Waals surface area contributed by atoms with Crippen molar-refractivity contribution in [3.8, 4) is 0 Å². The van der Waals surface area contributed by atoms with E-state index >= 15 is 0 Å². The molecule has 1 amide bonds. The van der Waals surface area contributed by atoms with Crippen LogP contribution in [0, 0.1) is 5.41 Å². The smallest absolute Gasteiger partial charge is 0.319 e. The normalized spacial score (nSPS) is 16.0. The number of hydrogen-bond acceptors (Lipinski definition) is 3. The zero-order valence-electron chi connectivity index (χ0n) is 13.0. The number of nitrogens with one attached hydrogen (secondary N) is 1. The predicted octanol–water partition coefficient (Wildman–Crippen LogP) is 1.79. The van der Waals surface area contributed by atoms with Crippen molar-refractivity contribution in [2.24, 2.45) is 5.41 Å². The van der Waals surface area contributed by atoms with Crippen LogP contribution >= 0.6 is 0 Å². The average molecular weight is 302 g/mol. The molecule has 0 spiro atoms. The van der Waals surface area contributed by atoms with Crippen LogP contribution in [-0.2, 0) is 22.7 Å². The second-order valence-corrected chi connectivity index (χ2v) is 6.01. The van der Waals surface area contributed by atoms with Gasteiger partial charge in [0.05, 0.1) is 0 Å². The number of hydrogen-bond donors (Lipinski definition) is 2. The lowest BCUT2D eigenvalue weighted by Gasteiger charge is -2.22. The van der Waals surface area contributed by atoms with Crippen molar-refractivity contribution in [2.75, 3.05) is 14.1 Å². The van der Waals surface area contributed by atoms with E-state index in [1.165, 1.54) is 0 Å². The highest BCUT2D eigenvalue weighted by Gasteiger charge is 2.46. The van der Waals surface area contributed by atoms with Crippen LogP contribution in [0.25, 0.3) is 0 Å². The number of carboxylic acid groups (broad SMARTS) is 1. The van der Waals surface area contributed by atoms with Crippen molar-refractivity contribution in [3.63, 3.8) is 0 Å². The van der Waals surface area contributed by atoms with Crippen molar-refractivity contribution in [1.82, 2.24) is 10.2 Å². The van der Waals surface area contributed by atoms with Crippen LogP contribution in [0.1, 0.15) is 24.0 Å². The maximum absolute atomic E-state index is 12.3. The molecular formula is C17H22N2O3. The Bertz CT molecular complexity index is 585. The summed E-state index contributed by atoms with van der Waals surface area (Å²) in [6.07, 6.45) is 4.03. The summed E-state index contributed by atoms with van der Waals surface area (Å²) in [4.78, 5) is 25.8.